The largest absolute Gasteiger partial charge is 0.505 e. The quantitative estimate of drug-likeness (QED) is 0.382. The first-order valence-electron chi connectivity index (χ1n) is 9.80. The zero-order chi connectivity index (χ0) is 22.8. The maximum absolute atomic E-state index is 13.7. The average molecular weight is 442 g/mol. The summed E-state index contributed by atoms with van der Waals surface area (Å²) in [7, 11) is 0. The smallest absolute Gasteiger partial charge is 0.298 e. The van der Waals surface area contributed by atoms with E-state index in [0.29, 0.717) is 46.3 Å². The molecule has 0 unspecified atom stereocenters. The van der Waals surface area contributed by atoms with Crippen molar-refractivity contribution in [1.29, 1.82) is 0 Å². The number of ether oxygens (including phenoxy) is 2. The molecule has 0 aliphatic rings. The molecular weight excluding hydrogens is 427 g/mol. The van der Waals surface area contributed by atoms with Crippen molar-refractivity contribution in [3.63, 3.8) is 0 Å². The van der Waals surface area contributed by atoms with E-state index in [1.165, 1.54) is 22.9 Å². The number of nitrogens with zero attached hydrogens (tertiary/aromatic N) is 4. The van der Waals surface area contributed by atoms with Crippen LogP contribution in [-0.2, 0) is 4.79 Å². The third-order valence-electron chi connectivity index (χ3n) is 4.87. The van der Waals surface area contributed by atoms with Gasteiger partial charge in [-0.15, -0.1) is 5.10 Å². The van der Waals surface area contributed by atoms with Crippen LogP contribution in [0.5, 0.6) is 23.0 Å². The monoisotopic (exact) mass is 442 g/mol. The highest BCUT2D eigenvalue weighted by Gasteiger charge is 2.12. The molecule has 0 atom stereocenters. The summed E-state index contributed by atoms with van der Waals surface area (Å²) in [4.78, 5) is 15.2. The summed E-state index contributed by atoms with van der Waals surface area (Å²) in [5.74, 6) is 0.307. The molecule has 0 bridgehead atoms. The van der Waals surface area contributed by atoms with Gasteiger partial charge in [-0.1, -0.05) is 23.4 Å². The van der Waals surface area contributed by atoms with Crippen LogP contribution in [0.25, 0.3) is 28.0 Å². The number of phenolic OH excluding ortho intramolecular Hbond substituents is 1. The Kier molecular flexibility index (Phi) is 5.12. The second-order valence-electron chi connectivity index (χ2n) is 7.00. The number of phenols is 1. The van der Waals surface area contributed by atoms with Gasteiger partial charge in [-0.2, -0.15) is 0 Å². The maximum Gasteiger partial charge on any atom is 0.298 e. The number of pyridine rings is 1. The molecule has 33 heavy (non-hydrogen) atoms. The van der Waals surface area contributed by atoms with Crippen LogP contribution in [0.4, 0.5) is 4.39 Å². The minimum Gasteiger partial charge on any atom is -0.505 e. The fourth-order valence-electron chi connectivity index (χ4n) is 3.26. The molecule has 0 spiro atoms. The standard InChI is InChI=1S/C24H15FN4O4/c25-19-12-16(5-11-22(19)31)29-13-21(27-28-29)20-10-4-15-2-1-3-23(24(15)26-20)33-18-8-6-17(7-9-18)32-14-30/h1-14,31H. The normalized spacial score (nSPS) is 10.8. The number of benzene rings is 3. The summed E-state index contributed by atoms with van der Waals surface area (Å²) in [6.45, 7) is 0.361. The van der Waals surface area contributed by atoms with E-state index < -0.39 is 11.6 Å². The first kappa shape index (κ1) is 20.1. The molecular formula is C24H15FN4O4. The lowest BCUT2D eigenvalue weighted by Crippen LogP contribution is -1.95. The van der Waals surface area contributed by atoms with Crippen molar-refractivity contribution >= 4 is 17.4 Å². The van der Waals surface area contributed by atoms with Crippen LogP contribution < -0.4 is 9.47 Å². The third-order valence-corrected chi connectivity index (χ3v) is 4.87. The molecule has 0 radical (unpaired) electrons. The number of rotatable bonds is 6. The van der Waals surface area contributed by atoms with Crippen LogP contribution in [0.3, 0.4) is 0 Å². The summed E-state index contributed by atoms with van der Waals surface area (Å²) in [6.07, 6.45) is 1.62. The second-order valence-corrected chi connectivity index (χ2v) is 7.00. The van der Waals surface area contributed by atoms with Gasteiger partial charge in [0.25, 0.3) is 6.47 Å². The molecule has 9 heteroatoms. The van der Waals surface area contributed by atoms with Crippen LogP contribution in [0.2, 0.25) is 0 Å². The van der Waals surface area contributed by atoms with Gasteiger partial charge in [0.2, 0.25) is 0 Å². The van der Waals surface area contributed by atoms with Crippen molar-refractivity contribution in [1.82, 2.24) is 20.0 Å². The highest BCUT2D eigenvalue weighted by molar-refractivity contribution is 5.86. The number of carbonyl (C=O) groups excluding carboxylic acids is 1. The first-order valence-corrected chi connectivity index (χ1v) is 9.80. The second kappa shape index (κ2) is 8.39. The zero-order valence-electron chi connectivity index (χ0n) is 16.9. The summed E-state index contributed by atoms with van der Waals surface area (Å²) in [5.41, 5.74) is 2.07. The van der Waals surface area contributed by atoms with Crippen LogP contribution in [-0.4, -0.2) is 31.6 Å². The Morgan fingerprint density at radius 2 is 1.76 bits per heavy atom. The molecule has 5 aromatic rings. The van der Waals surface area contributed by atoms with Gasteiger partial charge in [0.1, 0.15) is 22.7 Å². The lowest BCUT2D eigenvalue weighted by molar-refractivity contribution is -0.120. The fraction of sp³-hybridized carbons (Fsp3) is 0. The van der Waals surface area contributed by atoms with E-state index in [9.17, 15) is 14.3 Å². The van der Waals surface area contributed by atoms with E-state index in [1.807, 2.05) is 24.3 Å². The Morgan fingerprint density at radius 3 is 2.55 bits per heavy atom. The predicted molar refractivity (Wildman–Crippen MR) is 117 cm³/mol. The topological polar surface area (TPSA) is 99.4 Å². The molecule has 5 rings (SSSR count). The first-order chi connectivity index (χ1) is 16.1. The van der Waals surface area contributed by atoms with E-state index in [0.717, 1.165) is 5.39 Å². The number of aromatic nitrogens is 4. The van der Waals surface area contributed by atoms with Crippen molar-refractivity contribution in [3.05, 3.63) is 84.8 Å². The lowest BCUT2D eigenvalue weighted by Gasteiger charge is -2.09. The molecule has 3 aromatic carbocycles. The minimum absolute atomic E-state index is 0.361. The Morgan fingerprint density at radius 1 is 0.939 bits per heavy atom. The van der Waals surface area contributed by atoms with Gasteiger partial charge in [0.15, 0.2) is 17.3 Å². The Labute approximate surface area is 186 Å². The predicted octanol–water partition coefficient (Wildman–Crippen LogP) is 4.65. The highest BCUT2D eigenvalue weighted by Crippen LogP contribution is 2.31. The number of hydrogen-bond donors (Lipinski definition) is 1. The van der Waals surface area contributed by atoms with Crippen LogP contribution in [0.1, 0.15) is 0 Å². The van der Waals surface area contributed by atoms with Crippen molar-refractivity contribution in [2.24, 2.45) is 0 Å². The van der Waals surface area contributed by atoms with Gasteiger partial charge < -0.3 is 14.6 Å². The van der Waals surface area contributed by atoms with Crippen molar-refractivity contribution < 1.29 is 23.8 Å². The molecule has 0 saturated heterocycles. The van der Waals surface area contributed by atoms with Crippen molar-refractivity contribution in [2.45, 2.75) is 0 Å². The van der Waals surface area contributed by atoms with E-state index in [1.54, 1.807) is 36.5 Å². The van der Waals surface area contributed by atoms with Gasteiger partial charge >= 0.3 is 0 Å². The number of carbonyl (C=O) groups is 1. The molecule has 162 valence electrons. The Bertz CT molecular complexity index is 1470. The SMILES string of the molecule is O=COc1ccc(Oc2cccc3ccc(-c4cn(-c5ccc(O)c(F)c5)nn4)nc23)cc1. The van der Waals surface area contributed by atoms with E-state index in [4.69, 9.17) is 14.5 Å². The Balaban J connectivity index is 1.47. The van der Waals surface area contributed by atoms with Crippen LogP contribution in [0, 0.1) is 5.82 Å². The van der Waals surface area contributed by atoms with Gasteiger partial charge in [-0.25, -0.2) is 14.1 Å². The van der Waals surface area contributed by atoms with Gasteiger partial charge in [0.05, 0.1) is 17.6 Å². The van der Waals surface area contributed by atoms with E-state index in [2.05, 4.69) is 10.3 Å². The Hall–Kier alpha value is -4.79. The van der Waals surface area contributed by atoms with Crippen molar-refractivity contribution in [3.8, 4) is 40.1 Å². The summed E-state index contributed by atoms with van der Waals surface area (Å²) in [5, 5.41) is 18.4. The average Bonchev–Trinajstić information content (AvgIpc) is 3.33. The maximum atomic E-state index is 13.7. The number of halogens is 1. The number of fused-ring (bicyclic) bond motifs is 1. The van der Waals surface area contributed by atoms with Gasteiger partial charge in [0, 0.05) is 11.5 Å². The molecule has 8 nitrogen and oxygen atoms in total. The number of aromatic hydroxyl groups is 1. The third kappa shape index (κ3) is 4.07. The van der Waals surface area contributed by atoms with Crippen LogP contribution >= 0.6 is 0 Å². The fourth-order valence-corrected chi connectivity index (χ4v) is 3.26. The highest BCUT2D eigenvalue weighted by atomic mass is 19.1. The molecule has 2 aromatic heterocycles. The van der Waals surface area contributed by atoms with Crippen molar-refractivity contribution in [2.75, 3.05) is 0 Å². The summed E-state index contributed by atoms with van der Waals surface area (Å²) in [6, 6.07) is 19.8. The van der Waals surface area contributed by atoms with E-state index >= 15 is 0 Å². The number of hydrogen-bond acceptors (Lipinski definition) is 7. The zero-order valence-corrected chi connectivity index (χ0v) is 16.9. The molecule has 0 amide bonds. The molecule has 1 N–H and O–H groups in total. The minimum atomic E-state index is -0.749. The van der Waals surface area contributed by atoms with E-state index in [-0.39, 0.29) is 0 Å². The van der Waals surface area contributed by atoms with Gasteiger partial charge in [-0.05, 0) is 48.5 Å². The molecule has 0 saturated carbocycles. The summed E-state index contributed by atoms with van der Waals surface area (Å²) >= 11 is 0. The molecule has 2 heterocycles. The van der Waals surface area contributed by atoms with Gasteiger partial charge in [-0.3, -0.25) is 4.79 Å². The lowest BCUT2D eigenvalue weighted by atomic mass is 10.1. The number of para-hydroxylation sites is 1. The molecule has 0 fully saturated rings. The summed E-state index contributed by atoms with van der Waals surface area (Å²) < 4.78 is 25.9. The molecule has 0 aliphatic heterocycles. The molecule has 0 aliphatic carbocycles. The van der Waals surface area contributed by atoms with Crippen LogP contribution in [0.15, 0.2) is 79.0 Å².